The van der Waals surface area contributed by atoms with Crippen molar-refractivity contribution in [2.24, 2.45) is 0 Å². The van der Waals surface area contributed by atoms with Crippen LogP contribution in [-0.4, -0.2) is 25.0 Å². The second kappa shape index (κ2) is 3.13. The lowest BCUT2D eigenvalue weighted by Crippen LogP contribution is -2.00. The Bertz CT molecular complexity index is 354. The van der Waals surface area contributed by atoms with Crippen molar-refractivity contribution in [1.29, 1.82) is 0 Å². The zero-order valence-corrected chi connectivity index (χ0v) is 8.08. The molecule has 2 heterocycles. The number of halogens is 1. The topological polar surface area (TPSA) is 56.5 Å². The fourth-order valence-corrected chi connectivity index (χ4v) is 1.04. The average molecular weight is 273 g/mol. The Balaban J connectivity index is 2.43. The molecule has 0 atom stereocenters. The van der Waals surface area contributed by atoms with Gasteiger partial charge in [-0.15, -0.1) is 4.80 Å². The Kier molecular flexibility index (Phi) is 1.98. The van der Waals surface area contributed by atoms with Crippen molar-refractivity contribution in [3.05, 3.63) is 28.6 Å². The molecule has 0 N–H and O–H groups in total. The van der Waals surface area contributed by atoms with Gasteiger partial charge in [-0.2, -0.15) is 10.2 Å². The van der Waals surface area contributed by atoms with Gasteiger partial charge in [-0.25, -0.2) is 9.97 Å². The van der Waals surface area contributed by atoms with Crippen LogP contribution in [-0.2, 0) is 0 Å². The van der Waals surface area contributed by atoms with Crippen molar-refractivity contribution in [1.82, 2.24) is 25.0 Å². The van der Waals surface area contributed by atoms with E-state index in [0.29, 0.717) is 3.83 Å². The van der Waals surface area contributed by atoms with Gasteiger partial charge >= 0.3 is 0 Å². The van der Waals surface area contributed by atoms with E-state index >= 15 is 0 Å². The summed E-state index contributed by atoms with van der Waals surface area (Å²) in [6.45, 7) is 0. The number of aromatic nitrogens is 5. The zero-order valence-electron chi connectivity index (χ0n) is 5.92. The summed E-state index contributed by atoms with van der Waals surface area (Å²) in [7, 11) is 0. The van der Waals surface area contributed by atoms with Gasteiger partial charge in [0.15, 0.2) is 3.83 Å². The summed E-state index contributed by atoms with van der Waals surface area (Å²) in [5.41, 5.74) is 0.764. The first-order valence-electron chi connectivity index (χ1n) is 3.20. The molecule has 12 heavy (non-hydrogen) atoms. The molecule has 0 fully saturated rings. The van der Waals surface area contributed by atoms with E-state index in [9.17, 15) is 0 Å². The van der Waals surface area contributed by atoms with E-state index in [1.807, 2.05) is 22.6 Å². The highest BCUT2D eigenvalue weighted by atomic mass is 127. The van der Waals surface area contributed by atoms with Gasteiger partial charge in [0.2, 0.25) is 0 Å². The SMILES string of the molecule is Ic1ncc(-n2nccn2)cn1. The summed E-state index contributed by atoms with van der Waals surface area (Å²) in [6, 6.07) is 0. The van der Waals surface area contributed by atoms with Crippen LogP contribution in [0.3, 0.4) is 0 Å². The Morgan fingerprint density at radius 1 is 1.08 bits per heavy atom. The minimum atomic E-state index is 0.712. The maximum Gasteiger partial charge on any atom is 0.190 e. The van der Waals surface area contributed by atoms with Crippen LogP contribution in [0.15, 0.2) is 24.8 Å². The third-order valence-electron chi connectivity index (χ3n) is 1.26. The van der Waals surface area contributed by atoms with Crippen molar-refractivity contribution < 1.29 is 0 Å². The summed E-state index contributed by atoms with van der Waals surface area (Å²) >= 11 is 2.04. The molecule has 0 radical (unpaired) electrons. The molecular weight excluding hydrogens is 269 g/mol. The van der Waals surface area contributed by atoms with Crippen LogP contribution in [0.2, 0.25) is 0 Å². The molecule has 0 amide bonds. The van der Waals surface area contributed by atoms with Crippen molar-refractivity contribution in [3.8, 4) is 5.69 Å². The van der Waals surface area contributed by atoms with Gasteiger partial charge < -0.3 is 0 Å². The molecule has 0 aliphatic rings. The molecule has 0 aliphatic carbocycles. The molecular formula is C6H4IN5. The fourth-order valence-electron chi connectivity index (χ4n) is 0.758. The van der Waals surface area contributed by atoms with E-state index in [1.165, 1.54) is 4.80 Å². The predicted octanol–water partition coefficient (Wildman–Crippen LogP) is 0.662. The molecule has 0 aromatic carbocycles. The first-order valence-corrected chi connectivity index (χ1v) is 4.28. The summed E-state index contributed by atoms with van der Waals surface area (Å²) in [5.74, 6) is 0. The highest BCUT2D eigenvalue weighted by Gasteiger charge is 1.97. The molecule has 2 aromatic heterocycles. The van der Waals surface area contributed by atoms with Crippen LogP contribution in [0.25, 0.3) is 5.69 Å². The molecule has 2 rings (SSSR count). The second-order valence-electron chi connectivity index (χ2n) is 2.03. The lowest BCUT2D eigenvalue weighted by atomic mass is 10.6. The van der Waals surface area contributed by atoms with E-state index < -0.39 is 0 Å². The van der Waals surface area contributed by atoms with Gasteiger partial charge in [0.1, 0.15) is 5.69 Å². The van der Waals surface area contributed by atoms with Crippen molar-refractivity contribution >= 4 is 22.6 Å². The molecule has 0 saturated carbocycles. The highest BCUT2D eigenvalue weighted by molar-refractivity contribution is 14.1. The summed E-state index contributed by atoms with van der Waals surface area (Å²) in [6.07, 6.45) is 6.57. The third-order valence-corrected chi connectivity index (χ3v) is 1.81. The van der Waals surface area contributed by atoms with Gasteiger partial charge in [0, 0.05) is 22.6 Å². The summed E-state index contributed by atoms with van der Waals surface area (Å²) < 4.78 is 0.712. The monoisotopic (exact) mass is 273 g/mol. The largest absolute Gasteiger partial charge is 0.229 e. The van der Waals surface area contributed by atoms with E-state index in [-0.39, 0.29) is 0 Å². The van der Waals surface area contributed by atoms with Gasteiger partial charge in [0.25, 0.3) is 0 Å². The minimum Gasteiger partial charge on any atom is -0.229 e. The smallest absolute Gasteiger partial charge is 0.190 e. The first-order chi connectivity index (χ1) is 5.86. The standard InChI is InChI=1S/C6H4IN5/c7-6-8-3-5(4-9-6)12-10-1-2-11-12/h1-4H. The van der Waals surface area contributed by atoms with Crippen LogP contribution >= 0.6 is 22.6 Å². The van der Waals surface area contributed by atoms with E-state index in [0.717, 1.165) is 5.69 Å². The van der Waals surface area contributed by atoms with Gasteiger partial charge in [-0.3, -0.25) is 0 Å². The maximum absolute atomic E-state index is 4.01. The molecule has 0 bridgehead atoms. The molecule has 0 saturated heterocycles. The van der Waals surface area contributed by atoms with Gasteiger partial charge in [0.05, 0.1) is 24.8 Å². The Morgan fingerprint density at radius 2 is 1.67 bits per heavy atom. The minimum absolute atomic E-state index is 0.712. The van der Waals surface area contributed by atoms with Crippen LogP contribution in [0, 0.1) is 3.83 Å². The summed E-state index contributed by atoms with van der Waals surface area (Å²) in [5, 5.41) is 7.88. The van der Waals surface area contributed by atoms with Crippen molar-refractivity contribution in [2.45, 2.75) is 0 Å². The normalized spacial score (nSPS) is 10.1. The van der Waals surface area contributed by atoms with E-state index in [2.05, 4.69) is 20.2 Å². The first kappa shape index (κ1) is 7.59. The number of rotatable bonds is 1. The number of hydrogen-bond donors (Lipinski definition) is 0. The lowest BCUT2D eigenvalue weighted by molar-refractivity contribution is 0.741. The third kappa shape index (κ3) is 1.42. The molecule has 0 unspecified atom stereocenters. The maximum atomic E-state index is 4.01. The van der Waals surface area contributed by atoms with E-state index in [4.69, 9.17) is 0 Å². The Labute approximate surface area is 82.0 Å². The second-order valence-corrected chi connectivity index (χ2v) is 2.99. The molecule has 0 spiro atoms. The average Bonchev–Trinajstić information content (AvgIpc) is 2.58. The molecule has 60 valence electrons. The van der Waals surface area contributed by atoms with Gasteiger partial charge in [-0.05, 0) is 0 Å². The van der Waals surface area contributed by atoms with Crippen LogP contribution in [0.1, 0.15) is 0 Å². The quantitative estimate of drug-likeness (QED) is 0.566. The van der Waals surface area contributed by atoms with Crippen molar-refractivity contribution in [2.75, 3.05) is 0 Å². The zero-order chi connectivity index (χ0) is 8.39. The molecule has 0 aliphatic heterocycles. The molecule has 5 nitrogen and oxygen atoms in total. The molecule has 2 aromatic rings. The van der Waals surface area contributed by atoms with Gasteiger partial charge in [-0.1, -0.05) is 0 Å². The number of nitrogens with zero attached hydrogens (tertiary/aromatic N) is 5. The van der Waals surface area contributed by atoms with Crippen LogP contribution in [0.5, 0.6) is 0 Å². The highest BCUT2D eigenvalue weighted by Crippen LogP contribution is 2.01. The molecule has 6 heteroatoms. The van der Waals surface area contributed by atoms with Crippen molar-refractivity contribution in [3.63, 3.8) is 0 Å². The van der Waals surface area contributed by atoms with E-state index in [1.54, 1.807) is 24.8 Å². The lowest BCUT2D eigenvalue weighted by Gasteiger charge is -1.96. The van der Waals surface area contributed by atoms with Crippen LogP contribution < -0.4 is 0 Å². The Morgan fingerprint density at radius 3 is 2.25 bits per heavy atom. The predicted molar refractivity (Wildman–Crippen MR) is 49.7 cm³/mol. The summed E-state index contributed by atoms with van der Waals surface area (Å²) in [4.78, 5) is 9.49. The fraction of sp³-hybridized carbons (Fsp3) is 0. The number of hydrogen-bond acceptors (Lipinski definition) is 4. The van der Waals surface area contributed by atoms with Crippen LogP contribution in [0.4, 0.5) is 0 Å². The Hall–Kier alpha value is -1.05.